The molecule has 2 aliphatic heterocycles. The highest BCUT2D eigenvalue weighted by atomic mass is 16.4. The van der Waals surface area contributed by atoms with E-state index >= 15 is 0 Å². The normalized spacial score (nSPS) is 18.5. The summed E-state index contributed by atoms with van der Waals surface area (Å²) in [4.78, 5) is 36.6. The summed E-state index contributed by atoms with van der Waals surface area (Å²) in [7, 11) is 0. The molecule has 0 aliphatic carbocycles. The fourth-order valence-corrected chi connectivity index (χ4v) is 3.65. The summed E-state index contributed by atoms with van der Waals surface area (Å²) in [6.07, 6.45) is 0. The molecule has 9 heteroatoms. The Morgan fingerprint density at radius 2 is 1.68 bits per heavy atom. The number of rotatable bonds is 4. The van der Waals surface area contributed by atoms with E-state index in [-0.39, 0.29) is 17.7 Å². The van der Waals surface area contributed by atoms with Gasteiger partial charge in [-0.3, -0.25) is 14.5 Å². The predicted molar refractivity (Wildman–Crippen MR) is 103 cm³/mol. The third kappa shape index (κ3) is 4.44. The second-order valence-corrected chi connectivity index (χ2v) is 7.62. The van der Waals surface area contributed by atoms with Gasteiger partial charge in [0.15, 0.2) is 5.89 Å². The van der Waals surface area contributed by atoms with E-state index in [0.29, 0.717) is 63.3 Å². The molecule has 28 heavy (non-hydrogen) atoms. The van der Waals surface area contributed by atoms with Crippen LogP contribution >= 0.6 is 0 Å². The lowest BCUT2D eigenvalue weighted by atomic mass is 10.1. The summed E-state index contributed by atoms with van der Waals surface area (Å²) < 4.78 is 5.56. The zero-order valence-corrected chi connectivity index (χ0v) is 16.8. The standard InChI is InChI=1S/C19H28N6O3/c1-14(2)18(27)24-6-4-22(5-7-24)13-17(26)23-8-10-25(11-9-23)19-16(12-20)21-15(3)28-19/h14H,4-11,13H2,1-3H3. The number of anilines is 1. The molecule has 0 bridgehead atoms. The number of nitrogens with zero attached hydrogens (tertiary/aromatic N) is 6. The van der Waals surface area contributed by atoms with Crippen molar-refractivity contribution in [3.63, 3.8) is 0 Å². The third-order valence-corrected chi connectivity index (χ3v) is 5.28. The topological polar surface area (TPSA) is 96.9 Å². The maximum absolute atomic E-state index is 12.7. The minimum Gasteiger partial charge on any atom is -0.424 e. The van der Waals surface area contributed by atoms with Crippen LogP contribution in [0.3, 0.4) is 0 Å². The summed E-state index contributed by atoms with van der Waals surface area (Å²) >= 11 is 0. The number of amides is 2. The van der Waals surface area contributed by atoms with Gasteiger partial charge in [-0.2, -0.15) is 5.26 Å². The van der Waals surface area contributed by atoms with Crippen LogP contribution < -0.4 is 4.90 Å². The van der Waals surface area contributed by atoms with Crippen molar-refractivity contribution < 1.29 is 14.0 Å². The molecule has 152 valence electrons. The predicted octanol–water partition coefficient (Wildman–Crippen LogP) is 0.304. The molecule has 2 fully saturated rings. The Morgan fingerprint density at radius 3 is 2.25 bits per heavy atom. The van der Waals surface area contributed by atoms with Crippen LogP contribution in [0, 0.1) is 24.2 Å². The Kier molecular flexibility index (Phi) is 6.19. The monoisotopic (exact) mass is 388 g/mol. The largest absolute Gasteiger partial charge is 0.424 e. The van der Waals surface area contributed by atoms with Crippen LogP contribution in [0.25, 0.3) is 0 Å². The highest BCUT2D eigenvalue weighted by Gasteiger charge is 2.28. The van der Waals surface area contributed by atoms with Crippen molar-refractivity contribution in [2.24, 2.45) is 5.92 Å². The van der Waals surface area contributed by atoms with E-state index in [2.05, 4.69) is 16.0 Å². The molecule has 0 aromatic carbocycles. The second kappa shape index (κ2) is 8.61. The number of carbonyl (C=O) groups excluding carboxylic acids is 2. The number of aromatic nitrogens is 1. The first kappa shape index (κ1) is 20.1. The first-order chi connectivity index (χ1) is 13.4. The van der Waals surface area contributed by atoms with Crippen molar-refractivity contribution >= 4 is 17.7 Å². The maximum Gasteiger partial charge on any atom is 0.236 e. The number of aryl methyl sites for hydroxylation is 1. The van der Waals surface area contributed by atoms with Gasteiger partial charge in [-0.1, -0.05) is 13.8 Å². The molecule has 0 saturated carbocycles. The van der Waals surface area contributed by atoms with E-state index in [0.717, 1.165) is 13.1 Å². The molecule has 0 radical (unpaired) electrons. The number of hydrogen-bond acceptors (Lipinski definition) is 7. The Hall–Kier alpha value is -2.60. The van der Waals surface area contributed by atoms with Crippen LogP contribution in [-0.2, 0) is 9.59 Å². The molecule has 2 amide bonds. The van der Waals surface area contributed by atoms with Crippen molar-refractivity contribution in [2.45, 2.75) is 20.8 Å². The van der Waals surface area contributed by atoms with Gasteiger partial charge in [0.1, 0.15) is 6.07 Å². The smallest absolute Gasteiger partial charge is 0.236 e. The quantitative estimate of drug-likeness (QED) is 0.732. The van der Waals surface area contributed by atoms with Crippen LogP contribution in [0.5, 0.6) is 0 Å². The first-order valence-electron chi connectivity index (χ1n) is 9.80. The van der Waals surface area contributed by atoms with Gasteiger partial charge in [0.25, 0.3) is 0 Å². The zero-order valence-electron chi connectivity index (χ0n) is 16.8. The molecular weight excluding hydrogens is 360 g/mol. The van der Waals surface area contributed by atoms with E-state index < -0.39 is 0 Å². The summed E-state index contributed by atoms with van der Waals surface area (Å²) in [6, 6.07) is 2.06. The van der Waals surface area contributed by atoms with Gasteiger partial charge in [0.05, 0.1) is 6.54 Å². The third-order valence-electron chi connectivity index (χ3n) is 5.28. The van der Waals surface area contributed by atoms with Gasteiger partial charge < -0.3 is 19.1 Å². The molecule has 3 rings (SSSR count). The van der Waals surface area contributed by atoms with Gasteiger partial charge in [0.2, 0.25) is 23.4 Å². The molecule has 2 saturated heterocycles. The Bertz CT molecular complexity index is 752. The van der Waals surface area contributed by atoms with E-state index in [9.17, 15) is 14.9 Å². The molecular formula is C19H28N6O3. The molecule has 1 aromatic rings. The summed E-state index contributed by atoms with van der Waals surface area (Å²) in [5, 5.41) is 9.17. The van der Waals surface area contributed by atoms with Crippen LogP contribution in [-0.4, -0.2) is 90.4 Å². The fourth-order valence-electron chi connectivity index (χ4n) is 3.65. The number of oxazole rings is 1. The number of carbonyl (C=O) groups is 2. The molecule has 0 spiro atoms. The molecule has 2 aliphatic rings. The van der Waals surface area contributed by atoms with Crippen LogP contribution in [0.15, 0.2) is 4.42 Å². The molecule has 3 heterocycles. The van der Waals surface area contributed by atoms with Gasteiger partial charge >= 0.3 is 0 Å². The lowest BCUT2D eigenvalue weighted by Gasteiger charge is -2.38. The Labute approximate surface area is 165 Å². The van der Waals surface area contributed by atoms with E-state index in [4.69, 9.17) is 4.42 Å². The van der Waals surface area contributed by atoms with E-state index in [1.807, 2.05) is 28.5 Å². The van der Waals surface area contributed by atoms with Crippen LogP contribution in [0.2, 0.25) is 0 Å². The zero-order chi connectivity index (χ0) is 20.3. The molecule has 0 N–H and O–H groups in total. The minimum absolute atomic E-state index is 0.0131. The van der Waals surface area contributed by atoms with Gasteiger partial charge in [-0.15, -0.1) is 0 Å². The van der Waals surface area contributed by atoms with Crippen LogP contribution in [0.1, 0.15) is 25.4 Å². The maximum atomic E-state index is 12.7. The molecule has 0 atom stereocenters. The Morgan fingerprint density at radius 1 is 1.07 bits per heavy atom. The van der Waals surface area contributed by atoms with Crippen molar-refractivity contribution in [3.05, 3.63) is 11.6 Å². The fraction of sp³-hybridized carbons (Fsp3) is 0.684. The van der Waals surface area contributed by atoms with Gasteiger partial charge in [0, 0.05) is 65.2 Å². The Balaban J connectivity index is 1.46. The lowest BCUT2D eigenvalue weighted by molar-refractivity contribution is -0.137. The van der Waals surface area contributed by atoms with Crippen molar-refractivity contribution in [1.29, 1.82) is 5.26 Å². The summed E-state index contributed by atoms with van der Waals surface area (Å²) in [6.45, 7) is 11.2. The average molecular weight is 388 g/mol. The first-order valence-corrected chi connectivity index (χ1v) is 9.80. The lowest BCUT2D eigenvalue weighted by Crippen LogP contribution is -2.54. The van der Waals surface area contributed by atoms with E-state index in [1.54, 1.807) is 6.92 Å². The average Bonchev–Trinajstić information content (AvgIpc) is 3.09. The highest BCUT2D eigenvalue weighted by molar-refractivity contribution is 5.79. The van der Waals surface area contributed by atoms with E-state index in [1.165, 1.54) is 0 Å². The van der Waals surface area contributed by atoms with Crippen molar-refractivity contribution in [1.82, 2.24) is 19.7 Å². The van der Waals surface area contributed by atoms with Crippen molar-refractivity contribution in [3.8, 4) is 6.07 Å². The highest BCUT2D eigenvalue weighted by Crippen LogP contribution is 2.22. The number of nitriles is 1. The molecule has 1 aromatic heterocycles. The molecule has 9 nitrogen and oxygen atoms in total. The van der Waals surface area contributed by atoms with Crippen LogP contribution in [0.4, 0.5) is 5.88 Å². The summed E-state index contributed by atoms with van der Waals surface area (Å²) in [5.41, 5.74) is 0.297. The molecule has 0 unspecified atom stereocenters. The number of hydrogen-bond donors (Lipinski definition) is 0. The second-order valence-electron chi connectivity index (χ2n) is 7.62. The number of piperazine rings is 2. The minimum atomic E-state index is 0.0131. The van der Waals surface area contributed by atoms with Gasteiger partial charge in [-0.25, -0.2) is 4.98 Å². The SMILES string of the molecule is Cc1nc(C#N)c(N2CCN(C(=O)CN3CCN(C(=O)C(C)C)CC3)CC2)o1. The van der Waals surface area contributed by atoms with Crippen molar-refractivity contribution in [2.75, 3.05) is 63.8 Å². The van der Waals surface area contributed by atoms with Gasteiger partial charge in [-0.05, 0) is 0 Å². The summed E-state index contributed by atoms with van der Waals surface area (Å²) in [5.74, 6) is 1.27.